The molecule has 0 bridgehead atoms. The molecular weight excluding hydrogens is 302 g/mol. The quantitative estimate of drug-likeness (QED) is 0.858. The Morgan fingerprint density at radius 3 is 2.57 bits per heavy atom. The maximum atomic E-state index is 12.3. The van der Waals surface area contributed by atoms with E-state index < -0.39 is 19.0 Å². The number of rotatable bonds is 6. The Bertz CT molecular complexity index is 664. The van der Waals surface area contributed by atoms with E-state index in [1.165, 1.54) is 12.4 Å². The SMILES string of the molecule is Cc1cccc(C)c1NC(=O)C(C)Nc1cnn(CC(F)F)c1. The van der Waals surface area contributed by atoms with Crippen LogP contribution < -0.4 is 10.6 Å². The van der Waals surface area contributed by atoms with Gasteiger partial charge >= 0.3 is 0 Å². The van der Waals surface area contributed by atoms with Crippen LogP contribution in [-0.4, -0.2) is 28.2 Å². The summed E-state index contributed by atoms with van der Waals surface area (Å²) < 4.78 is 25.7. The fourth-order valence-electron chi connectivity index (χ4n) is 2.24. The molecule has 7 heteroatoms. The Hall–Kier alpha value is -2.44. The molecule has 1 heterocycles. The van der Waals surface area contributed by atoms with Crippen LogP contribution in [0.25, 0.3) is 0 Å². The summed E-state index contributed by atoms with van der Waals surface area (Å²) in [7, 11) is 0. The third kappa shape index (κ3) is 4.51. The maximum absolute atomic E-state index is 12.3. The minimum Gasteiger partial charge on any atom is -0.371 e. The van der Waals surface area contributed by atoms with Crippen LogP contribution in [0.5, 0.6) is 0 Å². The van der Waals surface area contributed by atoms with Crippen molar-refractivity contribution in [2.45, 2.75) is 39.8 Å². The van der Waals surface area contributed by atoms with Crippen LogP contribution in [0.1, 0.15) is 18.1 Å². The van der Waals surface area contributed by atoms with Gasteiger partial charge in [-0.25, -0.2) is 8.78 Å². The Morgan fingerprint density at radius 2 is 1.96 bits per heavy atom. The number of halogens is 2. The summed E-state index contributed by atoms with van der Waals surface area (Å²) in [4.78, 5) is 12.3. The van der Waals surface area contributed by atoms with Gasteiger partial charge in [0.25, 0.3) is 6.43 Å². The van der Waals surface area contributed by atoms with Crippen molar-refractivity contribution < 1.29 is 13.6 Å². The first kappa shape index (κ1) is 16.9. The zero-order valence-corrected chi connectivity index (χ0v) is 13.3. The van der Waals surface area contributed by atoms with Crippen LogP contribution in [-0.2, 0) is 11.3 Å². The molecule has 0 fully saturated rings. The molecule has 23 heavy (non-hydrogen) atoms. The van der Waals surface area contributed by atoms with Crippen LogP contribution in [0, 0.1) is 13.8 Å². The average molecular weight is 322 g/mol. The molecule has 5 nitrogen and oxygen atoms in total. The van der Waals surface area contributed by atoms with Crippen molar-refractivity contribution >= 4 is 17.3 Å². The molecule has 1 aromatic carbocycles. The Balaban J connectivity index is 1.99. The average Bonchev–Trinajstić information content (AvgIpc) is 2.89. The number of aryl methyl sites for hydroxylation is 2. The number of hydrogen-bond acceptors (Lipinski definition) is 3. The predicted molar refractivity (Wildman–Crippen MR) is 85.9 cm³/mol. The zero-order chi connectivity index (χ0) is 17.0. The van der Waals surface area contributed by atoms with E-state index in [1.54, 1.807) is 6.92 Å². The normalized spacial score (nSPS) is 12.3. The second-order valence-corrected chi connectivity index (χ2v) is 5.46. The van der Waals surface area contributed by atoms with Crippen molar-refractivity contribution in [2.75, 3.05) is 10.6 Å². The van der Waals surface area contributed by atoms with E-state index in [9.17, 15) is 13.6 Å². The van der Waals surface area contributed by atoms with E-state index >= 15 is 0 Å². The van der Waals surface area contributed by atoms with Crippen molar-refractivity contribution in [3.8, 4) is 0 Å². The molecule has 1 unspecified atom stereocenters. The van der Waals surface area contributed by atoms with Crippen molar-refractivity contribution in [1.82, 2.24) is 9.78 Å². The lowest BCUT2D eigenvalue weighted by Crippen LogP contribution is -2.32. The number of anilines is 2. The fraction of sp³-hybridized carbons (Fsp3) is 0.375. The summed E-state index contributed by atoms with van der Waals surface area (Å²) in [6.07, 6.45) is 0.410. The molecule has 2 aromatic rings. The molecule has 1 atom stereocenters. The lowest BCUT2D eigenvalue weighted by molar-refractivity contribution is -0.116. The third-order valence-electron chi connectivity index (χ3n) is 3.46. The van der Waals surface area contributed by atoms with Crippen LogP contribution >= 0.6 is 0 Å². The second-order valence-electron chi connectivity index (χ2n) is 5.46. The van der Waals surface area contributed by atoms with Crippen LogP contribution in [0.2, 0.25) is 0 Å². The molecule has 124 valence electrons. The van der Waals surface area contributed by atoms with Gasteiger partial charge in [0.15, 0.2) is 0 Å². The molecular formula is C16H20F2N4O. The first-order chi connectivity index (χ1) is 10.9. The molecule has 1 amide bonds. The lowest BCUT2D eigenvalue weighted by Gasteiger charge is -2.16. The lowest BCUT2D eigenvalue weighted by atomic mass is 10.1. The van der Waals surface area contributed by atoms with Gasteiger partial charge in [0, 0.05) is 11.9 Å². The minimum atomic E-state index is -2.47. The van der Waals surface area contributed by atoms with E-state index in [4.69, 9.17) is 0 Å². The molecule has 0 radical (unpaired) electrons. The van der Waals surface area contributed by atoms with Crippen LogP contribution in [0.3, 0.4) is 0 Å². The van der Waals surface area contributed by atoms with Gasteiger partial charge < -0.3 is 10.6 Å². The number of para-hydroxylation sites is 1. The summed E-state index contributed by atoms with van der Waals surface area (Å²) in [6, 6.07) is 5.25. The van der Waals surface area contributed by atoms with Gasteiger partial charge in [-0.1, -0.05) is 18.2 Å². The van der Waals surface area contributed by atoms with Gasteiger partial charge in [-0.05, 0) is 31.9 Å². The van der Waals surface area contributed by atoms with E-state index in [0.29, 0.717) is 5.69 Å². The summed E-state index contributed by atoms with van der Waals surface area (Å²) in [6.45, 7) is 5.09. The minimum absolute atomic E-state index is 0.205. The second kappa shape index (κ2) is 7.21. The molecule has 2 rings (SSSR count). The standard InChI is InChI=1S/C16H20F2N4O/c1-10-5-4-6-11(2)15(10)21-16(23)12(3)20-13-7-19-22(8-13)9-14(17)18/h4-8,12,14,20H,9H2,1-3H3,(H,21,23). The van der Waals surface area contributed by atoms with Gasteiger partial charge in [0.1, 0.15) is 12.6 Å². The molecule has 0 aliphatic heterocycles. The van der Waals surface area contributed by atoms with E-state index in [1.807, 2.05) is 32.0 Å². The molecule has 0 saturated heterocycles. The van der Waals surface area contributed by atoms with E-state index in [2.05, 4.69) is 15.7 Å². The van der Waals surface area contributed by atoms with Crippen molar-refractivity contribution in [1.29, 1.82) is 0 Å². The summed E-state index contributed by atoms with van der Waals surface area (Å²) in [5.74, 6) is -0.205. The topological polar surface area (TPSA) is 59.0 Å². The predicted octanol–water partition coefficient (Wildman–Crippen LogP) is 3.20. The number of nitrogens with one attached hydrogen (secondary N) is 2. The molecule has 0 aliphatic rings. The highest BCUT2D eigenvalue weighted by Crippen LogP contribution is 2.20. The Labute approximate surface area is 133 Å². The van der Waals surface area contributed by atoms with Crippen molar-refractivity contribution in [2.24, 2.45) is 0 Å². The number of amides is 1. The molecule has 2 N–H and O–H groups in total. The Kier molecular flexibility index (Phi) is 5.31. The number of benzene rings is 1. The van der Waals surface area contributed by atoms with Gasteiger partial charge in [-0.15, -0.1) is 0 Å². The van der Waals surface area contributed by atoms with Crippen molar-refractivity contribution in [3.63, 3.8) is 0 Å². The highest BCUT2D eigenvalue weighted by atomic mass is 19.3. The van der Waals surface area contributed by atoms with Gasteiger partial charge in [0.05, 0.1) is 11.9 Å². The largest absolute Gasteiger partial charge is 0.371 e. The highest BCUT2D eigenvalue weighted by Gasteiger charge is 2.16. The number of nitrogens with zero attached hydrogens (tertiary/aromatic N) is 2. The highest BCUT2D eigenvalue weighted by molar-refractivity contribution is 5.97. The molecule has 1 aromatic heterocycles. The number of carbonyl (C=O) groups excluding carboxylic acids is 1. The first-order valence-corrected chi connectivity index (χ1v) is 7.31. The molecule has 0 spiro atoms. The van der Waals surface area contributed by atoms with Gasteiger partial charge in [-0.2, -0.15) is 5.10 Å². The summed E-state index contributed by atoms with van der Waals surface area (Å²) >= 11 is 0. The van der Waals surface area contributed by atoms with E-state index in [-0.39, 0.29) is 5.91 Å². The monoisotopic (exact) mass is 322 g/mol. The van der Waals surface area contributed by atoms with Crippen LogP contribution in [0.4, 0.5) is 20.2 Å². The number of aromatic nitrogens is 2. The van der Waals surface area contributed by atoms with Gasteiger partial charge in [0.2, 0.25) is 5.91 Å². The number of hydrogen-bond donors (Lipinski definition) is 2. The first-order valence-electron chi connectivity index (χ1n) is 7.31. The fourth-order valence-corrected chi connectivity index (χ4v) is 2.24. The molecule has 0 saturated carbocycles. The summed E-state index contributed by atoms with van der Waals surface area (Å²) in [5.41, 5.74) is 3.28. The number of carbonyl (C=O) groups is 1. The Morgan fingerprint density at radius 1 is 1.30 bits per heavy atom. The van der Waals surface area contributed by atoms with Gasteiger partial charge in [-0.3, -0.25) is 9.48 Å². The summed E-state index contributed by atoms with van der Waals surface area (Å²) in [5, 5.41) is 9.67. The zero-order valence-electron chi connectivity index (χ0n) is 13.3. The third-order valence-corrected chi connectivity index (χ3v) is 3.46. The van der Waals surface area contributed by atoms with Crippen molar-refractivity contribution in [3.05, 3.63) is 41.7 Å². The smallest absolute Gasteiger partial charge is 0.257 e. The van der Waals surface area contributed by atoms with Crippen LogP contribution in [0.15, 0.2) is 30.6 Å². The number of alkyl halides is 2. The maximum Gasteiger partial charge on any atom is 0.257 e. The van der Waals surface area contributed by atoms with E-state index in [0.717, 1.165) is 21.5 Å². The molecule has 0 aliphatic carbocycles.